The highest BCUT2D eigenvalue weighted by molar-refractivity contribution is 7.84. The minimum Gasteiger partial charge on any atom is -0.504 e. The van der Waals surface area contributed by atoms with Gasteiger partial charge in [-0.05, 0) is 42.8 Å². The Balaban J connectivity index is 1.61. The van der Waals surface area contributed by atoms with Crippen molar-refractivity contribution in [2.75, 3.05) is 46.5 Å². The van der Waals surface area contributed by atoms with Crippen molar-refractivity contribution in [3.8, 4) is 11.5 Å². The monoisotopic (exact) mass is 442 g/mol. The topological polar surface area (TPSA) is 87.0 Å². The van der Waals surface area contributed by atoms with E-state index in [2.05, 4.69) is 14.4 Å². The van der Waals surface area contributed by atoms with Crippen LogP contribution in [-0.2, 0) is 15.7 Å². The molecule has 2 aromatic rings. The average Bonchev–Trinajstić information content (AvgIpc) is 3.11. The van der Waals surface area contributed by atoms with Crippen LogP contribution in [0.15, 0.2) is 50.8 Å². The van der Waals surface area contributed by atoms with Crippen molar-refractivity contribution in [2.45, 2.75) is 11.8 Å². The summed E-state index contributed by atoms with van der Waals surface area (Å²) in [4.78, 5) is 3.03. The van der Waals surface area contributed by atoms with Crippen LogP contribution in [0.1, 0.15) is 16.7 Å². The molecule has 2 aromatic carbocycles. The number of nitrogens with zero attached hydrogens (tertiary/aromatic N) is 4. The summed E-state index contributed by atoms with van der Waals surface area (Å²) in [6.45, 7) is 6.58. The number of morpholine rings is 1. The second-order valence-electron chi connectivity index (χ2n) is 7.42. The molecule has 1 fully saturated rings. The summed E-state index contributed by atoms with van der Waals surface area (Å²) >= 11 is 0. The molecule has 8 nitrogen and oxygen atoms in total. The first kappa shape index (κ1) is 21.5. The van der Waals surface area contributed by atoms with Gasteiger partial charge in [0.15, 0.2) is 28.3 Å². The number of rotatable bonds is 6. The first-order valence-electron chi connectivity index (χ1n) is 10.2. The molecule has 2 aliphatic rings. The Hall–Kier alpha value is -2.75. The zero-order chi connectivity index (χ0) is 21.8. The summed E-state index contributed by atoms with van der Waals surface area (Å²) in [5, 5.41) is 16.3. The molecule has 1 saturated heterocycles. The van der Waals surface area contributed by atoms with Crippen LogP contribution >= 0.6 is 0 Å². The quantitative estimate of drug-likeness (QED) is 0.545. The smallest absolute Gasteiger partial charge is 0.175 e. The number of hydrazone groups is 1. The summed E-state index contributed by atoms with van der Waals surface area (Å²) in [5.74, 6) is 1.06. The third kappa shape index (κ3) is 4.95. The molecule has 1 N–H and O–H groups in total. The lowest BCUT2D eigenvalue weighted by molar-refractivity contribution is 0.0360. The highest BCUT2D eigenvalue weighted by atomic mass is 32.2. The molecular weight excluding hydrogens is 416 g/mol. The van der Waals surface area contributed by atoms with Gasteiger partial charge in [-0.1, -0.05) is 11.6 Å². The minimum atomic E-state index is -1.44. The number of benzene rings is 2. The van der Waals surface area contributed by atoms with Gasteiger partial charge in [-0.3, -0.25) is 4.90 Å². The summed E-state index contributed by atoms with van der Waals surface area (Å²) < 4.78 is 27.6. The van der Waals surface area contributed by atoms with E-state index in [1.807, 2.05) is 25.1 Å². The lowest BCUT2D eigenvalue weighted by Crippen LogP contribution is -2.41. The van der Waals surface area contributed by atoms with Crippen molar-refractivity contribution in [2.24, 2.45) is 9.50 Å². The molecule has 4 rings (SSSR count). The molecule has 1 unspecified atom stereocenters. The Morgan fingerprint density at radius 1 is 1.29 bits per heavy atom. The van der Waals surface area contributed by atoms with E-state index in [1.165, 1.54) is 7.11 Å². The SMILES string of the molecule is COc1cc(/C=N/N(CCN2CCOCC2)C2=NS(=O)c3ccc(C)cc32)ccc1O. The standard InChI is InChI=1S/C22H26N4O4S/c1-16-3-6-21-18(13-16)22(24-31(21)28)26(8-7-25-9-11-30-12-10-25)23-15-17-4-5-19(27)20(14-17)29-2/h3-6,13-15,27H,7-12H2,1-2H3/b23-15+. The normalized spacial score (nSPS) is 18.8. The summed E-state index contributed by atoms with van der Waals surface area (Å²) in [7, 11) is 0.0709. The number of hydrogen-bond donors (Lipinski definition) is 1. The maximum Gasteiger partial charge on any atom is 0.175 e. The van der Waals surface area contributed by atoms with Gasteiger partial charge in [0.25, 0.3) is 0 Å². The van der Waals surface area contributed by atoms with Gasteiger partial charge in [-0.15, -0.1) is 0 Å². The molecule has 2 heterocycles. The van der Waals surface area contributed by atoms with E-state index in [4.69, 9.17) is 9.47 Å². The second kappa shape index (κ2) is 9.59. The lowest BCUT2D eigenvalue weighted by Gasteiger charge is -2.28. The van der Waals surface area contributed by atoms with E-state index in [9.17, 15) is 9.32 Å². The van der Waals surface area contributed by atoms with Crippen LogP contribution in [0.5, 0.6) is 11.5 Å². The van der Waals surface area contributed by atoms with Gasteiger partial charge in [-0.2, -0.15) is 9.50 Å². The van der Waals surface area contributed by atoms with Crippen molar-refractivity contribution in [3.63, 3.8) is 0 Å². The summed E-state index contributed by atoms with van der Waals surface area (Å²) in [6, 6.07) is 10.9. The predicted molar refractivity (Wildman–Crippen MR) is 120 cm³/mol. The number of fused-ring (bicyclic) bond motifs is 1. The van der Waals surface area contributed by atoms with E-state index >= 15 is 0 Å². The van der Waals surface area contributed by atoms with Crippen LogP contribution in [-0.4, -0.2) is 77.8 Å². The maximum atomic E-state index is 12.6. The van der Waals surface area contributed by atoms with Gasteiger partial charge in [0.2, 0.25) is 0 Å². The Bertz CT molecular complexity index is 1030. The van der Waals surface area contributed by atoms with Crippen LogP contribution < -0.4 is 4.74 Å². The van der Waals surface area contributed by atoms with Gasteiger partial charge >= 0.3 is 0 Å². The van der Waals surface area contributed by atoms with Crippen molar-refractivity contribution >= 4 is 23.0 Å². The van der Waals surface area contributed by atoms with Crippen molar-refractivity contribution < 1.29 is 18.8 Å². The minimum absolute atomic E-state index is 0.0730. The molecule has 0 aliphatic carbocycles. The van der Waals surface area contributed by atoms with Crippen LogP contribution in [0.2, 0.25) is 0 Å². The number of amidine groups is 1. The van der Waals surface area contributed by atoms with Crippen molar-refractivity contribution in [3.05, 3.63) is 53.1 Å². The van der Waals surface area contributed by atoms with E-state index in [0.29, 0.717) is 23.0 Å². The Labute approximate surface area is 184 Å². The van der Waals surface area contributed by atoms with Crippen LogP contribution in [0.4, 0.5) is 0 Å². The molecule has 0 spiro atoms. The molecule has 0 amide bonds. The molecule has 0 saturated carbocycles. The van der Waals surface area contributed by atoms with Gasteiger partial charge in [0.1, 0.15) is 0 Å². The molecule has 9 heteroatoms. The van der Waals surface area contributed by atoms with Gasteiger partial charge < -0.3 is 14.6 Å². The predicted octanol–water partition coefficient (Wildman–Crippen LogP) is 2.16. The van der Waals surface area contributed by atoms with Crippen LogP contribution in [0, 0.1) is 6.92 Å². The van der Waals surface area contributed by atoms with Crippen LogP contribution in [0.3, 0.4) is 0 Å². The lowest BCUT2D eigenvalue weighted by atomic mass is 10.1. The first-order chi connectivity index (χ1) is 15.0. The van der Waals surface area contributed by atoms with E-state index in [1.54, 1.807) is 29.4 Å². The molecule has 0 aromatic heterocycles. The largest absolute Gasteiger partial charge is 0.504 e. The molecule has 1 atom stereocenters. The summed E-state index contributed by atoms with van der Waals surface area (Å²) in [6.07, 6.45) is 1.69. The summed E-state index contributed by atoms with van der Waals surface area (Å²) in [5.41, 5.74) is 2.70. The number of aryl methyl sites for hydroxylation is 1. The Kier molecular flexibility index (Phi) is 6.64. The molecule has 31 heavy (non-hydrogen) atoms. The third-order valence-corrected chi connectivity index (χ3v) is 6.33. The second-order valence-corrected chi connectivity index (χ2v) is 8.54. The molecule has 2 aliphatic heterocycles. The molecular formula is C22H26N4O4S. The maximum absolute atomic E-state index is 12.6. The van der Waals surface area contributed by atoms with E-state index in [0.717, 1.165) is 49.5 Å². The molecule has 164 valence electrons. The highest BCUT2D eigenvalue weighted by Crippen LogP contribution is 2.27. The zero-order valence-corrected chi connectivity index (χ0v) is 18.5. The van der Waals surface area contributed by atoms with E-state index < -0.39 is 11.0 Å². The van der Waals surface area contributed by atoms with Crippen molar-refractivity contribution in [1.29, 1.82) is 0 Å². The number of phenolic OH excluding ortho intramolecular Hbond substituents is 1. The molecule has 0 bridgehead atoms. The number of ether oxygens (including phenoxy) is 2. The van der Waals surface area contributed by atoms with Gasteiger partial charge in [0.05, 0.1) is 38.0 Å². The fourth-order valence-corrected chi connectivity index (χ4v) is 4.49. The van der Waals surface area contributed by atoms with E-state index in [-0.39, 0.29) is 5.75 Å². The van der Waals surface area contributed by atoms with Crippen LogP contribution in [0.25, 0.3) is 0 Å². The van der Waals surface area contributed by atoms with Gasteiger partial charge in [0, 0.05) is 25.2 Å². The fourth-order valence-electron chi connectivity index (χ4n) is 3.52. The fraction of sp³-hybridized carbons (Fsp3) is 0.364. The number of methoxy groups -OCH3 is 1. The first-order valence-corrected chi connectivity index (χ1v) is 11.3. The zero-order valence-electron chi connectivity index (χ0n) is 17.7. The van der Waals surface area contributed by atoms with Gasteiger partial charge in [-0.25, -0.2) is 9.22 Å². The Morgan fingerprint density at radius 2 is 2.10 bits per heavy atom. The number of phenols is 1. The molecule has 0 radical (unpaired) electrons. The average molecular weight is 443 g/mol. The number of hydrogen-bond acceptors (Lipinski definition) is 7. The number of aromatic hydroxyl groups is 1. The van der Waals surface area contributed by atoms with Crippen molar-refractivity contribution in [1.82, 2.24) is 9.91 Å². The Morgan fingerprint density at radius 3 is 2.87 bits per heavy atom. The highest BCUT2D eigenvalue weighted by Gasteiger charge is 2.27. The third-order valence-electron chi connectivity index (χ3n) is 5.26.